The molecule has 2 unspecified atom stereocenters. The lowest BCUT2D eigenvalue weighted by molar-refractivity contribution is -0.147. The molecule has 0 spiro atoms. The molecule has 2 fully saturated rings. The number of anilines is 1. The summed E-state index contributed by atoms with van der Waals surface area (Å²) in [6.07, 6.45) is 4.95. The van der Waals surface area contributed by atoms with Crippen LogP contribution in [0.4, 0.5) is 6.01 Å². The van der Waals surface area contributed by atoms with E-state index in [0.29, 0.717) is 24.7 Å². The van der Waals surface area contributed by atoms with Crippen molar-refractivity contribution in [1.82, 2.24) is 10.2 Å². The first-order valence-electron chi connectivity index (χ1n) is 7.02. The fraction of sp³-hybridized carbons (Fsp3) is 0.692. The first-order chi connectivity index (χ1) is 9.65. The van der Waals surface area contributed by atoms with Crippen molar-refractivity contribution in [1.29, 1.82) is 0 Å². The Hall–Kier alpha value is -1.92. The molecule has 0 saturated heterocycles. The molecule has 7 heteroatoms. The van der Waals surface area contributed by atoms with Gasteiger partial charge in [-0.2, -0.15) is 0 Å². The summed E-state index contributed by atoms with van der Waals surface area (Å²) in [4.78, 5) is 23.4. The first-order valence-corrected chi connectivity index (χ1v) is 7.02. The van der Waals surface area contributed by atoms with E-state index in [2.05, 4.69) is 15.5 Å². The van der Waals surface area contributed by atoms with Gasteiger partial charge in [-0.1, -0.05) is 17.9 Å². The fourth-order valence-electron chi connectivity index (χ4n) is 2.72. The number of nitrogens with one attached hydrogen (secondary N) is 1. The van der Waals surface area contributed by atoms with Gasteiger partial charge >= 0.3 is 12.0 Å². The third-order valence-electron chi connectivity index (χ3n) is 4.02. The lowest BCUT2D eigenvalue weighted by Crippen LogP contribution is -2.36. The molecule has 1 heterocycles. The van der Waals surface area contributed by atoms with Crippen LogP contribution in [0.15, 0.2) is 4.42 Å². The van der Waals surface area contributed by atoms with Crippen molar-refractivity contribution in [2.45, 2.75) is 44.4 Å². The van der Waals surface area contributed by atoms with Gasteiger partial charge < -0.3 is 9.52 Å². The molecule has 0 bridgehead atoms. The summed E-state index contributed by atoms with van der Waals surface area (Å²) in [6, 6.07) is 0.0756. The molecular formula is C13H17N3O4. The summed E-state index contributed by atoms with van der Waals surface area (Å²) in [6.45, 7) is 0. The number of nitrogens with zero attached hydrogens (tertiary/aromatic N) is 2. The molecule has 7 nitrogen and oxygen atoms in total. The lowest BCUT2D eigenvalue weighted by Gasteiger charge is -2.26. The molecule has 2 aliphatic carbocycles. The number of carbonyl (C=O) groups is 2. The fourth-order valence-corrected chi connectivity index (χ4v) is 2.72. The van der Waals surface area contributed by atoms with E-state index in [1.165, 1.54) is 0 Å². The molecule has 2 N–H and O–H groups in total. The van der Waals surface area contributed by atoms with Crippen LogP contribution in [-0.4, -0.2) is 27.2 Å². The molecule has 0 aliphatic heterocycles. The van der Waals surface area contributed by atoms with Crippen LogP contribution >= 0.6 is 0 Å². The molecule has 0 aromatic carbocycles. The Morgan fingerprint density at radius 1 is 1.10 bits per heavy atom. The number of aromatic nitrogens is 2. The second-order valence-corrected chi connectivity index (χ2v) is 5.54. The molecule has 1 aromatic heterocycles. The third kappa shape index (κ3) is 2.66. The molecule has 2 aliphatic rings. The number of rotatable bonds is 4. The van der Waals surface area contributed by atoms with E-state index in [-0.39, 0.29) is 11.9 Å². The largest absolute Gasteiger partial charge is 0.481 e. The van der Waals surface area contributed by atoms with Gasteiger partial charge in [0.25, 0.3) is 0 Å². The van der Waals surface area contributed by atoms with Gasteiger partial charge in [0, 0.05) is 5.92 Å². The average Bonchev–Trinajstić information content (AvgIpc) is 3.19. The van der Waals surface area contributed by atoms with Crippen LogP contribution < -0.4 is 5.32 Å². The number of carboxylic acid groups (broad SMARTS) is 1. The van der Waals surface area contributed by atoms with Crippen molar-refractivity contribution in [2.24, 2.45) is 11.8 Å². The Labute approximate surface area is 115 Å². The van der Waals surface area contributed by atoms with Crippen LogP contribution in [0, 0.1) is 11.8 Å². The number of hydrogen-bond acceptors (Lipinski definition) is 5. The SMILES string of the molecule is O=C(O)C1CCCCC1C(=O)Nc1nnc(C2CC2)o1. The standard InChI is InChI=1S/C13H17N3O4/c17-10(8-3-1-2-4-9(8)12(18)19)14-13-16-15-11(20-13)7-5-6-7/h7-9H,1-6H2,(H,18,19)(H,14,16,17). The Bertz CT molecular complexity index is 523. The Kier molecular flexibility index (Phi) is 3.42. The maximum Gasteiger partial charge on any atom is 0.322 e. The highest BCUT2D eigenvalue weighted by atomic mass is 16.4. The highest BCUT2D eigenvalue weighted by molar-refractivity contribution is 5.93. The minimum absolute atomic E-state index is 0.0756. The van der Waals surface area contributed by atoms with Crippen LogP contribution in [0.5, 0.6) is 0 Å². The summed E-state index contributed by atoms with van der Waals surface area (Å²) < 4.78 is 5.36. The van der Waals surface area contributed by atoms with E-state index in [9.17, 15) is 14.7 Å². The normalized spacial score (nSPS) is 26.2. The van der Waals surface area contributed by atoms with E-state index in [0.717, 1.165) is 25.7 Å². The Balaban J connectivity index is 1.65. The number of hydrogen-bond donors (Lipinski definition) is 2. The molecule has 108 valence electrons. The van der Waals surface area contributed by atoms with Crippen molar-refractivity contribution < 1.29 is 19.1 Å². The van der Waals surface area contributed by atoms with Crippen LogP contribution in [0.3, 0.4) is 0 Å². The van der Waals surface area contributed by atoms with Gasteiger partial charge in [-0.15, -0.1) is 5.10 Å². The van der Waals surface area contributed by atoms with Crippen LogP contribution in [0.2, 0.25) is 0 Å². The van der Waals surface area contributed by atoms with Crippen molar-refractivity contribution in [2.75, 3.05) is 5.32 Å². The van der Waals surface area contributed by atoms with Gasteiger partial charge in [-0.25, -0.2) is 0 Å². The van der Waals surface area contributed by atoms with Gasteiger partial charge in [-0.05, 0) is 25.7 Å². The number of carbonyl (C=O) groups excluding carboxylic acids is 1. The number of aliphatic carboxylic acids is 1. The highest BCUT2D eigenvalue weighted by Crippen LogP contribution is 2.39. The molecule has 20 heavy (non-hydrogen) atoms. The maximum atomic E-state index is 12.2. The molecule has 0 radical (unpaired) electrons. The van der Waals surface area contributed by atoms with Crippen molar-refractivity contribution in [3.05, 3.63) is 5.89 Å². The van der Waals surface area contributed by atoms with Gasteiger partial charge in [-0.3, -0.25) is 14.9 Å². The molecular weight excluding hydrogens is 262 g/mol. The first kappa shape index (κ1) is 13.1. The third-order valence-corrected chi connectivity index (χ3v) is 4.02. The highest BCUT2D eigenvalue weighted by Gasteiger charge is 2.36. The number of carboxylic acids is 1. The molecule has 1 amide bonds. The summed E-state index contributed by atoms with van der Waals surface area (Å²) in [5, 5.41) is 19.4. The van der Waals surface area contributed by atoms with E-state index >= 15 is 0 Å². The second kappa shape index (κ2) is 5.22. The zero-order valence-corrected chi connectivity index (χ0v) is 11.0. The van der Waals surface area contributed by atoms with Gasteiger partial charge in [0.05, 0.1) is 11.8 Å². The van der Waals surface area contributed by atoms with E-state index < -0.39 is 17.8 Å². The molecule has 2 saturated carbocycles. The minimum Gasteiger partial charge on any atom is -0.481 e. The Morgan fingerprint density at radius 3 is 2.45 bits per heavy atom. The maximum absolute atomic E-state index is 12.2. The average molecular weight is 279 g/mol. The summed E-state index contributed by atoms with van der Waals surface area (Å²) in [7, 11) is 0. The molecule has 3 rings (SSSR count). The van der Waals surface area contributed by atoms with Crippen molar-refractivity contribution in [3.63, 3.8) is 0 Å². The second-order valence-electron chi connectivity index (χ2n) is 5.54. The van der Waals surface area contributed by atoms with Crippen molar-refractivity contribution >= 4 is 17.9 Å². The topological polar surface area (TPSA) is 105 Å². The predicted molar refractivity (Wildman–Crippen MR) is 68.0 cm³/mol. The zero-order chi connectivity index (χ0) is 14.1. The van der Waals surface area contributed by atoms with Gasteiger partial charge in [0.15, 0.2) is 0 Å². The monoisotopic (exact) mass is 279 g/mol. The minimum atomic E-state index is -0.908. The Morgan fingerprint density at radius 2 is 1.80 bits per heavy atom. The molecule has 2 atom stereocenters. The lowest BCUT2D eigenvalue weighted by atomic mass is 9.79. The summed E-state index contributed by atoms with van der Waals surface area (Å²) >= 11 is 0. The molecule has 1 aromatic rings. The predicted octanol–water partition coefficient (Wildman–Crippen LogP) is 1.78. The van der Waals surface area contributed by atoms with Crippen LogP contribution in [0.25, 0.3) is 0 Å². The van der Waals surface area contributed by atoms with Crippen LogP contribution in [0.1, 0.15) is 50.3 Å². The van der Waals surface area contributed by atoms with Crippen LogP contribution in [-0.2, 0) is 9.59 Å². The zero-order valence-electron chi connectivity index (χ0n) is 11.0. The quantitative estimate of drug-likeness (QED) is 0.870. The number of amides is 1. The summed E-state index contributed by atoms with van der Waals surface area (Å²) in [5.41, 5.74) is 0. The summed E-state index contributed by atoms with van der Waals surface area (Å²) in [5.74, 6) is -1.49. The smallest absolute Gasteiger partial charge is 0.322 e. The van der Waals surface area contributed by atoms with Gasteiger partial charge in [0.1, 0.15) is 0 Å². The van der Waals surface area contributed by atoms with E-state index in [4.69, 9.17) is 4.42 Å². The van der Waals surface area contributed by atoms with E-state index in [1.807, 2.05) is 0 Å². The van der Waals surface area contributed by atoms with Crippen molar-refractivity contribution in [3.8, 4) is 0 Å². The van der Waals surface area contributed by atoms with E-state index in [1.54, 1.807) is 0 Å². The van der Waals surface area contributed by atoms with Gasteiger partial charge in [0.2, 0.25) is 11.8 Å².